The van der Waals surface area contributed by atoms with Crippen LogP contribution >= 0.6 is 11.8 Å². The van der Waals surface area contributed by atoms with Crippen molar-refractivity contribution in [1.29, 1.82) is 0 Å². The molecule has 0 radical (unpaired) electrons. The molecule has 1 N–H and O–H groups in total. The number of anilines is 2. The van der Waals surface area contributed by atoms with Crippen LogP contribution in [0.3, 0.4) is 0 Å². The van der Waals surface area contributed by atoms with Crippen molar-refractivity contribution in [2.24, 2.45) is 0 Å². The third kappa shape index (κ3) is 4.10. The van der Waals surface area contributed by atoms with Crippen molar-refractivity contribution in [3.8, 4) is 0 Å². The van der Waals surface area contributed by atoms with E-state index in [0.717, 1.165) is 21.8 Å². The monoisotopic (exact) mass is 388 g/mol. The summed E-state index contributed by atoms with van der Waals surface area (Å²) in [5.41, 5.74) is 2.63. The van der Waals surface area contributed by atoms with Crippen LogP contribution in [0.5, 0.6) is 0 Å². The van der Waals surface area contributed by atoms with Crippen molar-refractivity contribution in [3.63, 3.8) is 0 Å². The molecule has 0 saturated heterocycles. The number of hydrogen-bond acceptors (Lipinski definition) is 3. The summed E-state index contributed by atoms with van der Waals surface area (Å²) in [6, 6.07) is 27.1. The van der Waals surface area contributed by atoms with Gasteiger partial charge in [0.15, 0.2) is 0 Å². The predicted octanol–water partition coefficient (Wildman–Crippen LogP) is 4.90. The molecule has 3 aromatic rings. The standard InChI is InChI=1S/C23H20N2O2S/c26-22(24-18-11-5-2-6-12-18)16-25-19-13-7-8-14-20(19)28-21(15-23(25)27)17-9-3-1-4-10-17/h1-14,21H,15-16H2,(H,24,26)/t21-/m1/s1. The highest BCUT2D eigenvalue weighted by atomic mass is 32.2. The van der Waals surface area contributed by atoms with Crippen molar-refractivity contribution >= 4 is 35.0 Å². The lowest BCUT2D eigenvalue weighted by Crippen LogP contribution is -2.38. The fourth-order valence-corrected chi connectivity index (χ4v) is 4.55. The van der Waals surface area contributed by atoms with E-state index >= 15 is 0 Å². The summed E-state index contributed by atoms with van der Waals surface area (Å²) in [5, 5.41) is 2.89. The van der Waals surface area contributed by atoms with Crippen LogP contribution < -0.4 is 10.2 Å². The highest BCUT2D eigenvalue weighted by molar-refractivity contribution is 7.99. The molecule has 140 valence electrons. The summed E-state index contributed by atoms with van der Waals surface area (Å²) in [5.74, 6) is -0.257. The average Bonchev–Trinajstić information content (AvgIpc) is 2.86. The summed E-state index contributed by atoms with van der Waals surface area (Å²) < 4.78 is 0. The van der Waals surface area contributed by atoms with Gasteiger partial charge in [0.1, 0.15) is 6.54 Å². The Labute approximate surface area is 168 Å². The van der Waals surface area contributed by atoms with Crippen molar-refractivity contribution in [1.82, 2.24) is 0 Å². The summed E-state index contributed by atoms with van der Waals surface area (Å²) in [4.78, 5) is 28.3. The maximum Gasteiger partial charge on any atom is 0.244 e. The van der Waals surface area contributed by atoms with Crippen molar-refractivity contribution in [3.05, 3.63) is 90.5 Å². The normalized spacial score (nSPS) is 16.2. The third-order valence-electron chi connectivity index (χ3n) is 4.62. The molecule has 4 rings (SSSR count). The lowest BCUT2D eigenvalue weighted by molar-refractivity contribution is -0.121. The number of nitrogens with zero attached hydrogens (tertiary/aromatic N) is 1. The second kappa shape index (κ2) is 8.31. The van der Waals surface area contributed by atoms with Gasteiger partial charge in [0.2, 0.25) is 11.8 Å². The molecule has 0 aromatic heterocycles. The first-order valence-corrected chi connectivity index (χ1v) is 10.0. The van der Waals surface area contributed by atoms with E-state index in [1.807, 2.05) is 84.9 Å². The highest BCUT2D eigenvalue weighted by Crippen LogP contribution is 2.45. The first-order valence-electron chi connectivity index (χ1n) is 9.16. The van der Waals surface area contributed by atoms with Crippen LogP contribution in [0.15, 0.2) is 89.8 Å². The molecule has 0 spiro atoms. The molecule has 0 aliphatic carbocycles. The molecule has 1 atom stereocenters. The molecule has 0 fully saturated rings. The zero-order valence-electron chi connectivity index (χ0n) is 15.2. The molecule has 0 saturated carbocycles. The Kier molecular flexibility index (Phi) is 5.44. The smallest absolute Gasteiger partial charge is 0.244 e. The van der Waals surface area contributed by atoms with Gasteiger partial charge in [0.25, 0.3) is 0 Å². The minimum atomic E-state index is -0.211. The Balaban J connectivity index is 1.59. The number of benzene rings is 3. The first kappa shape index (κ1) is 18.3. The molecule has 1 aliphatic heterocycles. The first-order chi connectivity index (χ1) is 13.7. The molecular weight excluding hydrogens is 368 g/mol. The number of nitrogens with one attached hydrogen (secondary N) is 1. The summed E-state index contributed by atoms with van der Waals surface area (Å²) in [7, 11) is 0. The van der Waals surface area contributed by atoms with E-state index in [2.05, 4.69) is 5.32 Å². The zero-order valence-corrected chi connectivity index (χ0v) is 16.1. The molecule has 5 heteroatoms. The van der Waals surface area contributed by atoms with Crippen molar-refractivity contribution in [2.75, 3.05) is 16.8 Å². The second-order valence-corrected chi connectivity index (χ2v) is 7.83. The van der Waals surface area contributed by atoms with E-state index in [1.54, 1.807) is 16.7 Å². The lowest BCUT2D eigenvalue weighted by atomic mass is 10.1. The van der Waals surface area contributed by atoms with Gasteiger partial charge in [-0.1, -0.05) is 60.7 Å². The Hall–Kier alpha value is -3.05. The van der Waals surface area contributed by atoms with Gasteiger partial charge in [-0.2, -0.15) is 0 Å². The Morgan fingerprint density at radius 2 is 1.57 bits per heavy atom. The second-order valence-electron chi connectivity index (χ2n) is 6.58. The molecule has 4 nitrogen and oxygen atoms in total. The van der Waals surface area contributed by atoms with Crippen LogP contribution in [0.1, 0.15) is 17.2 Å². The summed E-state index contributed by atoms with van der Waals surface area (Å²) in [6.07, 6.45) is 0.349. The number of amides is 2. The highest BCUT2D eigenvalue weighted by Gasteiger charge is 2.30. The van der Waals surface area contributed by atoms with Crippen LogP contribution in [0.4, 0.5) is 11.4 Å². The maximum absolute atomic E-state index is 13.1. The molecule has 2 amide bonds. The lowest BCUT2D eigenvalue weighted by Gasteiger charge is -2.22. The van der Waals surface area contributed by atoms with E-state index in [9.17, 15) is 9.59 Å². The zero-order chi connectivity index (χ0) is 19.3. The largest absolute Gasteiger partial charge is 0.325 e. The van der Waals surface area contributed by atoms with Gasteiger partial charge in [0, 0.05) is 22.3 Å². The van der Waals surface area contributed by atoms with Gasteiger partial charge in [-0.05, 0) is 29.8 Å². The molecule has 0 bridgehead atoms. The molecule has 1 aliphatic rings. The van der Waals surface area contributed by atoms with Crippen LogP contribution in [0.25, 0.3) is 0 Å². The molecule has 28 heavy (non-hydrogen) atoms. The number of thioether (sulfide) groups is 1. The van der Waals surface area contributed by atoms with Gasteiger partial charge >= 0.3 is 0 Å². The van der Waals surface area contributed by atoms with Crippen LogP contribution in [-0.2, 0) is 9.59 Å². The minimum Gasteiger partial charge on any atom is -0.325 e. The van der Waals surface area contributed by atoms with Gasteiger partial charge in [-0.15, -0.1) is 11.8 Å². The maximum atomic E-state index is 13.1. The van der Waals surface area contributed by atoms with E-state index < -0.39 is 0 Å². The fraction of sp³-hybridized carbons (Fsp3) is 0.130. The Morgan fingerprint density at radius 3 is 2.32 bits per heavy atom. The molecular formula is C23H20N2O2S. The average molecular weight is 388 g/mol. The number of carbonyl (C=O) groups excluding carboxylic acids is 2. The molecule has 3 aromatic carbocycles. The van der Waals surface area contributed by atoms with Crippen LogP contribution in [0.2, 0.25) is 0 Å². The van der Waals surface area contributed by atoms with E-state index in [1.165, 1.54) is 0 Å². The Bertz CT molecular complexity index is 976. The molecule has 0 unspecified atom stereocenters. The van der Waals surface area contributed by atoms with E-state index in [4.69, 9.17) is 0 Å². The van der Waals surface area contributed by atoms with Gasteiger partial charge < -0.3 is 10.2 Å². The number of hydrogen-bond donors (Lipinski definition) is 1. The quantitative estimate of drug-likeness (QED) is 0.692. The van der Waals surface area contributed by atoms with Crippen molar-refractivity contribution < 1.29 is 9.59 Å². The van der Waals surface area contributed by atoms with Crippen LogP contribution in [-0.4, -0.2) is 18.4 Å². The van der Waals surface area contributed by atoms with Gasteiger partial charge in [0.05, 0.1) is 5.69 Å². The summed E-state index contributed by atoms with van der Waals surface area (Å²) in [6.45, 7) is -0.00713. The number of rotatable bonds is 4. The molecule has 1 heterocycles. The van der Waals surface area contributed by atoms with E-state index in [-0.39, 0.29) is 23.6 Å². The van der Waals surface area contributed by atoms with Gasteiger partial charge in [-0.25, -0.2) is 0 Å². The van der Waals surface area contributed by atoms with E-state index in [0.29, 0.717) is 6.42 Å². The number of fused-ring (bicyclic) bond motifs is 1. The minimum absolute atomic E-state index is 0.00713. The van der Waals surface area contributed by atoms with Gasteiger partial charge in [-0.3, -0.25) is 9.59 Å². The van der Waals surface area contributed by atoms with Crippen molar-refractivity contribution in [2.45, 2.75) is 16.6 Å². The third-order valence-corrected chi connectivity index (χ3v) is 5.94. The summed E-state index contributed by atoms with van der Waals surface area (Å²) >= 11 is 1.68. The predicted molar refractivity (Wildman–Crippen MR) is 114 cm³/mol. The SMILES string of the molecule is O=C(CN1C(=O)C[C@H](c2ccccc2)Sc2ccccc21)Nc1ccccc1. The number of para-hydroxylation sites is 2. The fourth-order valence-electron chi connectivity index (χ4n) is 3.27. The topological polar surface area (TPSA) is 49.4 Å². The number of carbonyl (C=O) groups is 2. The van der Waals surface area contributed by atoms with Crippen LogP contribution in [0, 0.1) is 0 Å². The Morgan fingerprint density at radius 1 is 0.929 bits per heavy atom.